The van der Waals surface area contributed by atoms with E-state index in [0.29, 0.717) is 12.0 Å². The first-order chi connectivity index (χ1) is 8.59. The quantitative estimate of drug-likeness (QED) is 0.756. The lowest BCUT2D eigenvalue weighted by atomic mass is 9.85. The fraction of sp³-hybridized carbons (Fsp3) is 0.933. The van der Waals surface area contributed by atoms with Crippen molar-refractivity contribution in [2.75, 3.05) is 20.1 Å². The zero-order valence-corrected chi connectivity index (χ0v) is 12.5. The van der Waals surface area contributed by atoms with Gasteiger partial charge in [-0.15, -0.1) is 0 Å². The van der Waals surface area contributed by atoms with Crippen LogP contribution >= 0.6 is 0 Å². The lowest BCUT2D eigenvalue weighted by Gasteiger charge is -2.32. The van der Waals surface area contributed by atoms with Crippen LogP contribution in [-0.4, -0.2) is 36.6 Å². The number of nitriles is 1. The van der Waals surface area contributed by atoms with Crippen LogP contribution in [0.2, 0.25) is 0 Å². The molecule has 0 saturated heterocycles. The molecule has 3 heteroatoms. The molecule has 0 aromatic heterocycles. The molecule has 0 aromatic carbocycles. The van der Waals surface area contributed by atoms with E-state index in [0.717, 1.165) is 25.9 Å². The Morgan fingerprint density at radius 3 is 2.78 bits per heavy atom. The minimum Gasteiger partial charge on any atom is -0.304 e. The molecule has 1 aliphatic rings. The Kier molecular flexibility index (Phi) is 6.11. The van der Waals surface area contributed by atoms with Crippen molar-refractivity contribution in [1.29, 1.82) is 5.26 Å². The maximum Gasteiger partial charge on any atom is 0.109 e. The van der Waals surface area contributed by atoms with Crippen LogP contribution in [-0.2, 0) is 0 Å². The van der Waals surface area contributed by atoms with Crippen molar-refractivity contribution in [3.05, 3.63) is 0 Å². The Bertz CT molecular complexity index is 284. The maximum atomic E-state index is 9.51. The number of nitrogens with one attached hydrogen (secondary N) is 1. The van der Waals surface area contributed by atoms with Crippen LogP contribution in [0.3, 0.4) is 0 Å². The van der Waals surface area contributed by atoms with E-state index in [9.17, 15) is 5.26 Å². The monoisotopic (exact) mass is 251 g/mol. The predicted molar refractivity (Wildman–Crippen MR) is 76.4 cm³/mol. The van der Waals surface area contributed by atoms with E-state index >= 15 is 0 Å². The summed E-state index contributed by atoms with van der Waals surface area (Å²) in [5, 5.41) is 13.0. The molecule has 1 rings (SSSR count). The zero-order chi connectivity index (χ0) is 13.6. The van der Waals surface area contributed by atoms with Crippen molar-refractivity contribution in [3.63, 3.8) is 0 Å². The molecule has 1 fully saturated rings. The molecule has 3 unspecified atom stereocenters. The minimum absolute atomic E-state index is 0.245. The molecule has 0 radical (unpaired) electrons. The fourth-order valence-electron chi connectivity index (χ4n) is 3.09. The molecule has 1 saturated carbocycles. The van der Waals surface area contributed by atoms with Gasteiger partial charge in [0.25, 0.3) is 0 Å². The number of nitrogens with zero attached hydrogens (tertiary/aromatic N) is 2. The molecule has 0 aromatic rings. The standard InChI is InChI=1S/C15H29N3/c1-5-13(3)18(4)11-9-14-8-7-10-15(14,12-16)17-6-2/h13-14,17H,5-11H2,1-4H3. The van der Waals surface area contributed by atoms with Gasteiger partial charge in [-0.2, -0.15) is 5.26 Å². The molecular weight excluding hydrogens is 222 g/mol. The first kappa shape index (κ1) is 15.5. The van der Waals surface area contributed by atoms with E-state index in [2.05, 4.69) is 44.1 Å². The molecule has 0 bridgehead atoms. The second-order valence-corrected chi connectivity index (χ2v) is 5.73. The first-order valence-corrected chi connectivity index (χ1v) is 7.46. The third-order valence-corrected chi connectivity index (χ3v) is 4.69. The van der Waals surface area contributed by atoms with E-state index in [1.54, 1.807) is 0 Å². The van der Waals surface area contributed by atoms with E-state index in [4.69, 9.17) is 0 Å². The molecule has 3 nitrogen and oxygen atoms in total. The minimum atomic E-state index is -0.245. The number of rotatable bonds is 7. The molecule has 0 heterocycles. The second-order valence-electron chi connectivity index (χ2n) is 5.73. The summed E-state index contributed by atoms with van der Waals surface area (Å²) < 4.78 is 0. The van der Waals surface area contributed by atoms with Crippen LogP contribution in [0, 0.1) is 17.2 Å². The predicted octanol–water partition coefficient (Wildman–Crippen LogP) is 2.78. The van der Waals surface area contributed by atoms with Crippen molar-refractivity contribution >= 4 is 0 Å². The Labute approximate surface area is 113 Å². The van der Waals surface area contributed by atoms with Crippen LogP contribution < -0.4 is 5.32 Å². The van der Waals surface area contributed by atoms with Gasteiger partial charge in [-0.1, -0.05) is 20.3 Å². The summed E-state index contributed by atoms with van der Waals surface area (Å²) in [6.45, 7) is 8.60. The van der Waals surface area contributed by atoms with Crippen LogP contribution in [0.4, 0.5) is 0 Å². The van der Waals surface area contributed by atoms with E-state index in [1.165, 1.54) is 19.3 Å². The Balaban J connectivity index is 2.53. The van der Waals surface area contributed by atoms with Crippen LogP contribution in [0.15, 0.2) is 0 Å². The molecule has 104 valence electrons. The Morgan fingerprint density at radius 1 is 1.50 bits per heavy atom. The SMILES string of the molecule is CCNC1(C#N)CCCC1CCN(C)C(C)CC. The van der Waals surface area contributed by atoms with E-state index in [1.807, 2.05) is 0 Å². The normalized spacial score (nSPS) is 29.4. The zero-order valence-electron chi connectivity index (χ0n) is 12.5. The fourth-order valence-corrected chi connectivity index (χ4v) is 3.09. The highest BCUT2D eigenvalue weighted by atomic mass is 15.1. The van der Waals surface area contributed by atoms with Gasteiger partial charge in [0.2, 0.25) is 0 Å². The highest BCUT2D eigenvalue weighted by Crippen LogP contribution is 2.37. The molecule has 3 atom stereocenters. The van der Waals surface area contributed by atoms with Gasteiger partial charge < -0.3 is 4.90 Å². The van der Waals surface area contributed by atoms with Gasteiger partial charge in [0.15, 0.2) is 0 Å². The average molecular weight is 251 g/mol. The van der Waals surface area contributed by atoms with Gasteiger partial charge in [-0.3, -0.25) is 5.32 Å². The van der Waals surface area contributed by atoms with E-state index in [-0.39, 0.29) is 5.54 Å². The summed E-state index contributed by atoms with van der Waals surface area (Å²) in [6, 6.07) is 3.21. The third kappa shape index (κ3) is 3.46. The molecule has 0 amide bonds. The van der Waals surface area contributed by atoms with Gasteiger partial charge in [0, 0.05) is 6.04 Å². The van der Waals surface area contributed by atoms with Gasteiger partial charge in [0.05, 0.1) is 6.07 Å². The summed E-state index contributed by atoms with van der Waals surface area (Å²) >= 11 is 0. The van der Waals surface area contributed by atoms with Gasteiger partial charge in [-0.25, -0.2) is 0 Å². The topological polar surface area (TPSA) is 39.1 Å². The van der Waals surface area contributed by atoms with Crippen molar-refractivity contribution in [1.82, 2.24) is 10.2 Å². The summed E-state index contributed by atoms with van der Waals surface area (Å²) in [5.74, 6) is 0.522. The molecule has 1 N–H and O–H groups in total. The Hall–Kier alpha value is -0.590. The summed E-state index contributed by atoms with van der Waals surface area (Å²) in [5.41, 5.74) is -0.245. The van der Waals surface area contributed by atoms with Gasteiger partial charge >= 0.3 is 0 Å². The summed E-state index contributed by atoms with van der Waals surface area (Å²) in [7, 11) is 2.20. The highest BCUT2D eigenvalue weighted by Gasteiger charge is 2.42. The lowest BCUT2D eigenvalue weighted by molar-refractivity contribution is 0.211. The number of hydrogen-bond acceptors (Lipinski definition) is 3. The van der Waals surface area contributed by atoms with Gasteiger partial charge in [-0.05, 0) is 58.7 Å². The van der Waals surface area contributed by atoms with Crippen LogP contribution in [0.25, 0.3) is 0 Å². The third-order valence-electron chi connectivity index (χ3n) is 4.69. The van der Waals surface area contributed by atoms with Crippen LogP contribution in [0.5, 0.6) is 0 Å². The lowest BCUT2D eigenvalue weighted by Crippen LogP contribution is -2.47. The van der Waals surface area contributed by atoms with Gasteiger partial charge in [0.1, 0.15) is 5.54 Å². The van der Waals surface area contributed by atoms with Crippen molar-refractivity contribution in [3.8, 4) is 6.07 Å². The van der Waals surface area contributed by atoms with Crippen molar-refractivity contribution in [2.24, 2.45) is 5.92 Å². The smallest absolute Gasteiger partial charge is 0.109 e. The average Bonchev–Trinajstić information content (AvgIpc) is 2.78. The first-order valence-electron chi connectivity index (χ1n) is 7.46. The summed E-state index contributed by atoms with van der Waals surface area (Å²) in [4.78, 5) is 2.42. The van der Waals surface area contributed by atoms with E-state index < -0.39 is 0 Å². The second kappa shape index (κ2) is 7.11. The van der Waals surface area contributed by atoms with Crippen molar-refractivity contribution in [2.45, 2.75) is 64.5 Å². The molecule has 0 spiro atoms. The maximum absolute atomic E-state index is 9.51. The Morgan fingerprint density at radius 2 is 2.22 bits per heavy atom. The highest BCUT2D eigenvalue weighted by molar-refractivity contribution is 5.14. The summed E-state index contributed by atoms with van der Waals surface area (Å²) in [6.07, 6.45) is 5.75. The molecule has 0 aliphatic heterocycles. The molecule has 18 heavy (non-hydrogen) atoms. The molecular formula is C15H29N3. The largest absolute Gasteiger partial charge is 0.304 e. The molecule has 1 aliphatic carbocycles. The number of hydrogen-bond donors (Lipinski definition) is 1. The van der Waals surface area contributed by atoms with Crippen LogP contribution in [0.1, 0.15) is 52.9 Å². The van der Waals surface area contributed by atoms with Crippen molar-refractivity contribution < 1.29 is 0 Å².